The van der Waals surface area contributed by atoms with E-state index in [2.05, 4.69) is 30.3 Å². The average molecular weight is 250 g/mol. The highest BCUT2D eigenvalue weighted by Gasteiger charge is 2.20. The van der Waals surface area contributed by atoms with Crippen LogP contribution in [0.5, 0.6) is 0 Å². The van der Waals surface area contributed by atoms with E-state index in [0.29, 0.717) is 0 Å². The van der Waals surface area contributed by atoms with E-state index in [0.717, 1.165) is 37.9 Å². The molecule has 1 aromatic rings. The molecule has 3 heteroatoms. The third kappa shape index (κ3) is 3.59. The van der Waals surface area contributed by atoms with Gasteiger partial charge in [-0.1, -0.05) is 19.8 Å². The van der Waals surface area contributed by atoms with Gasteiger partial charge in [-0.25, -0.2) is 0 Å². The zero-order valence-electron chi connectivity index (χ0n) is 11.7. The van der Waals surface area contributed by atoms with Crippen molar-refractivity contribution in [3.05, 3.63) is 23.7 Å². The normalized spacial score (nSPS) is 16.8. The van der Waals surface area contributed by atoms with E-state index in [1.807, 2.05) is 6.26 Å². The molecule has 2 rings (SSSR count). The summed E-state index contributed by atoms with van der Waals surface area (Å²) in [4.78, 5) is 2.49. The molecular weight excluding hydrogens is 224 g/mol. The molecule has 1 aliphatic carbocycles. The monoisotopic (exact) mass is 250 g/mol. The molecule has 0 saturated heterocycles. The molecular formula is C15H26N2O. The van der Waals surface area contributed by atoms with Gasteiger partial charge in [-0.15, -0.1) is 0 Å². The number of furan rings is 1. The largest absolute Gasteiger partial charge is 0.468 e. The lowest BCUT2D eigenvalue weighted by Crippen LogP contribution is -2.29. The van der Waals surface area contributed by atoms with Gasteiger partial charge >= 0.3 is 0 Å². The van der Waals surface area contributed by atoms with Crippen molar-refractivity contribution in [1.82, 2.24) is 10.2 Å². The summed E-state index contributed by atoms with van der Waals surface area (Å²) in [6.07, 6.45) is 8.49. The standard InChI is InChI=1S/C15H26N2O/c1-3-9-16-11-15-13(8-10-18-15)12-17(2)14-6-4-5-7-14/h8,10,14,16H,3-7,9,11-12H2,1-2H3. The Morgan fingerprint density at radius 2 is 2.17 bits per heavy atom. The molecule has 1 aromatic heterocycles. The highest BCUT2D eigenvalue weighted by molar-refractivity contribution is 5.17. The Morgan fingerprint density at radius 1 is 1.39 bits per heavy atom. The van der Waals surface area contributed by atoms with Crippen LogP contribution in [0.3, 0.4) is 0 Å². The van der Waals surface area contributed by atoms with Gasteiger partial charge in [0, 0.05) is 18.2 Å². The molecule has 0 aromatic carbocycles. The maximum atomic E-state index is 5.59. The van der Waals surface area contributed by atoms with Crippen molar-refractivity contribution in [2.24, 2.45) is 0 Å². The molecule has 1 aliphatic rings. The topological polar surface area (TPSA) is 28.4 Å². The molecule has 0 spiro atoms. The van der Waals surface area contributed by atoms with Gasteiger partial charge in [-0.3, -0.25) is 4.90 Å². The second-order valence-electron chi connectivity index (χ2n) is 5.40. The molecule has 0 unspecified atom stereocenters. The summed E-state index contributed by atoms with van der Waals surface area (Å²) in [5.41, 5.74) is 1.34. The molecule has 0 amide bonds. The number of nitrogens with one attached hydrogen (secondary N) is 1. The summed E-state index contributed by atoms with van der Waals surface area (Å²) < 4.78 is 5.59. The fourth-order valence-corrected chi connectivity index (χ4v) is 2.78. The van der Waals surface area contributed by atoms with Crippen LogP contribution in [0.25, 0.3) is 0 Å². The van der Waals surface area contributed by atoms with Crippen LogP contribution >= 0.6 is 0 Å². The highest BCUT2D eigenvalue weighted by atomic mass is 16.3. The van der Waals surface area contributed by atoms with Crippen LogP contribution in [0.1, 0.15) is 50.4 Å². The van der Waals surface area contributed by atoms with Crippen LogP contribution in [0.4, 0.5) is 0 Å². The van der Waals surface area contributed by atoms with Gasteiger partial charge in [0.25, 0.3) is 0 Å². The first-order valence-corrected chi connectivity index (χ1v) is 7.27. The van der Waals surface area contributed by atoms with Crippen molar-refractivity contribution < 1.29 is 4.42 Å². The van der Waals surface area contributed by atoms with E-state index < -0.39 is 0 Å². The minimum Gasteiger partial charge on any atom is -0.468 e. The molecule has 0 radical (unpaired) electrons. The minimum atomic E-state index is 0.774. The number of hydrogen-bond acceptors (Lipinski definition) is 3. The van der Waals surface area contributed by atoms with Crippen molar-refractivity contribution in [2.45, 2.75) is 58.2 Å². The summed E-state index contributed by atoms with van der Waals surface area (Å²) in [7, 11) is 2.24. The van der Waals surface area contributed by atoms with Crippen LogP contribution in [-0.4, -0.2) is 24.5 Å². The third-order valence-electron chi connectivity index (χ3n) is 3.92. The number of hydrogen-bond donors (Lipinski definition) is 1. The summed E-state index contributed by atoms with van der Waals surface area (Å²) in [6, 6.07) is 2.89. The number of nitrogens with zero attached hydrogens (tertiary/aromatic N) is 1. The van der Waals surface area contributed by atoms with Crippen molar-refractivity contribution in [3.63, 3.8) is 0 Å². The van der Waals surface area contributed by atoms with Crippen molar-refractivity contribution in [1.29, 1.82) is 0 Å². The smallest absolute Gasteiger partial charge is 0.122 e. The lowest BCUT2D eigenvalue weighted by Gasteiger charge is -2.23. The second-order valence-corrected chi connectivity index (χ2v) is 5.40. The zero-order valence-corrected chi connectivity index (χ0v) is 11.7. The molecule has 18 heavy (non-hydrogen) atoms. The summed E-state index contributed by atoms with van der Waals surface area (Å²) in [6.45, 7) is 5.11. The predicted octanol–water partition coefficient (Wildman–Crippen LogP) is 3.15. The van der Waals surface area contributed by atoms with Gasteiger partial charge < -0.3 is 9.73 Å². The molecule has 1 saturated carbocycles. The van der Waals surface area contributed by atoms with Gasteiger partial charge in [-0.05, 0) is 38.9 Å². The van der Waals surface area contributed by atoms with Gasteiger partial charge in [-0.2, -0.15) is 0 Å². The molecule has 0 bridgehead atoms. The van der Waals surface area contributed by atoms with Crippen molar-refractivity contribution in [2.75, 3.05) is 13.6 Å². The summed E-state index contributed by atoms with van der Waals surface area (Å²) in [5, 5.41) is 3.41. The second kappa shape index (κ2) is 6.95. The summed E-state index contributed by atoms with van der Waals surface area (Å²) >= 11 is 0. The molecule has 3 nitrogen and oxygen atoms in total. The first kappa shape index (κ1) is 13.6. The van der Waals surface area contributed by atoms with Crippen LogP contribution in [0.15, 0.2) is 16.7 Å². The Balaban J connectivity index is 1.86. The Labute approximate surface area is 111 Å². The average Bonchev–Trinajstić information content (AvgIpc) is 3.01. The van der Waals surface area contributed by atoms with Crippen LogP contribution in [0, 0.1) is 0 Å². The molecule has 1 heterocycles. The minimum absolute atomic E-state index is 0.774. The van der Waals surface area contributed by atoms with E-state index in [-0.39, 0.29) is 0 Å². The van der Waals surface area contributed by atoms with E-state index in [4.69, 9.17) is 4.42 Å². The first-order valence-electron chi connectivity index (χ1n) is 7.27. The fourth-order valence-electron chi connectivity index (χ4n) is 2.78. The molecule has 0 atom stereocenters. The van der Waals surface area contributed by atoms with Gasteiger partial charge in [0.1, 0.15) is 5.76 Å². The molecule has 1 N–H and O–H groups in total. The Bertz CT molecular complexity index is 342. The van der Waals surface area contributed by atoms with Crippen molar-refractivity contribution in [3.8, 4) is 0 Å². The van der Waals surface area contributed by atoms with E-state index in [1.54, 1.807) is 0 Å². The van der Waals surface area contributed by atoms with Crippen LogP contribution in [0.2, 0.25) is 0 Å². The molecule has 0 aliphatic heterocycles. The maximum absolute atomic E-state index is 5.59. The first-order chi connectivity index (χ1) is 8.81. The highest BCUT2D eigenvalue weighted by Crippen LogP contribution is 2.24. The van der Waals surface area contributed by atoms with E-state index in [9.17, 15) is 0 Å². The fraction of sp³-hybridized carbons (Fsp3) is 0.733. The third-order valence-corrected chi connectivity index (χ3v) is 3.92. The molecule has 102 valence electrons. The maximum Gasteiger partial charge on any atom is 0.122 e. The Morgan fingerprint density at radius 3 is 2.89 bits per heavy atom. The lowest BCUT2D eigenvalue weighted by molar-refractivity contribution is 0.235. The summed E-state index contributed by atoms with van der Waals surface area (Å²) in [5.74, 6) is 1.10. The Hall–Kier alpha value is -0.800. The zero-order chi connectivity index (χ0) is 12.8. The van der Waals surface area contributed by atoms with E-state index in [1.165, 1.54) is 31.2 Å². The number of rotatable bonds is 7. The van der Waals surface area contributed by atoms with Gasteiger partial charge in [0.2, 0.25) is 0 Å². The van der Waals surface area contributed by atoms with Crippen molar-refractivity contribution >= 4 is 0 Å². The van der Waals surface area contributed by atoms with Gasteiger partial charge in [0.15, 0.2) is 0 Å². The van der Waals surface area contributed by atoms with Crippen LogP contribution < -0.4 is 5.32 Å². The SMILES string of the molecule is CCCNCc1occc1CN(C)C1CCCC1. The van der Waals surface area contributed by atoms with Gasteiger partial charge in [0.05, 0.1) is 12.8 Å². The lowest BCUT2D eigenvalue weighted by atomic mass is 10.1. The predicted molar refractivity (Wildman–Crippen MR) is 74.4 cm³/mol. The van der Waals surface area contributed by atoms with E-state index >= 15 is 0 Å². The Kier molecular flexibility index (Phi) is 5.26. The molecule has 1 fully saturated rings. The quantitative estimate of drug-likeness (QED) is 0.754. The van der Waals surface area contributed by atoms with Crippen LogP contribution in [-0.2, 0) is 13.1 Å².